The number of likely N-dealkylation sites (tertiary alicyclic amines) is 1. The number of nitrogens with one attached hydrogen (secondary N) is 1. The van der Waals surface area contributed by atoms with Crippen molar-refractivity contribution in [1.82, 2.24) is 14.8 Å². The fourth-order valence-electron chi connectivity index (χ4n) is 2.47. The Bertz CT molecular complexity index is 521. The van der Waals surface area contributed by atoms with E-state index in [0.717, 1.165) is 30.4 Å². The van der Waals surface area contributed by atoms with E-state index in [0.29, 0.717) is 0 Å². The summed E-state index contributed by atoms with van der Waals surface area (Å²) in [5.74, 6) is 0.0120. The maximum absolute atomic E-state index is 12.3. The summed E-state index contributed by atoms with van der Waals surface area (Å²) >= 11 is 3.31. The van der Waals surface area contributed by atoms with Crippen LogP contribution in [0.25, 0.3) is 0 Å². The Morgan fingerprint density at radius 2 is 2.25 bits per heavy atom. The molecular formula is C13H19BrClN3O2. The SMILES string of the molecule is CNCC1CCCN1C(=O)Cn1cc(Br)ccc1=O.Cl. The summed E-state index contributed by atoms with van der Waals surface area (Å²) in [4.78, 5) is 25.9. The summed E-state index contributed by atoms with van der Waals surface area (Å²) in [6.45, 7) is 1.70. The fourth-order valence-corrected chi connectivity index (χ4v) is 2.85. The summed E-state index contributed by atoms with van der Waals surface area (Å²) in [6.07, 6.45) is 3.72. The number of hydrogen-bond donors (Lipinski definition) is 1. The molecule has 0 spiro atoms. The molecule has 7 heteroatoms. The highest BCUT2D eigenvalue weighted by atomic mass is 79.9. The lowest BCUT2D eigenvalue weighted by molar-refractivity contribution is -0.132. The van der Waals surface area contributed by atoms with Crippen molar-refractivity contribution >= 4 is 34.2 Å². The standard InChI is InChI=1S/C13H18BrN3O2.ClH/c1-15-7-11-3-2-6-17(11)13(19)9-16-8-10(14)4-5-12(16)18;/h4-5,8,11,15H,2-3,6-7,9H2,1H3;1H. The molecule has 1 saturated heterocycles. The molecule has 0 aromatic carbocycles. The first-order valence-electron chi connectivity index (χ1n) is 6.42. The molecule has 1 amide bonds. The summed E-state index contributed by atoms with van der Waals surface area (Å²) < 4.78 is 2.24. The van der Waals surface area contributed by atoms with Gasteiger partial charge in [-0.25, -0.2) is 0 Å². The van der Waals surface area contributed by atoms with Crippen molar-refractivity contribution in [2.75, 3.05) is 20.1 Å². The minimum atomic E-state index is -0.152. The Labute approximate surface area is 132 Å². The van der Waals surface area contributed by atoms with Crippen LogP contribution in [-0.4, -0.2) is 41.6 Å². The number of hydrogen-bond acceptors (Lipinski definition) is 3. The molecule has 1 aromatic rings. The maximum Gasteiger partial charge on any atom is 0.251 e. The third kappa shape index (κ3) is 4.07. The van der Waals surface area contributed by atoms with E-state index in [1.165, 1.54) is 10.6 Å². The summed E-state index contributed by atoms with van der Waals surface area (Å²) in [5, 5.41) is 3.11. The second kappa shape index (κ2) is 7.81. The lowest BCUT2D eigenvalue weighted by Crippen LogP contribution is -2.43. The van der Waals surface area contributed by atoms with Gasteiger partial charge in [0.25, 0.3) is 5.56 Å². The highest BCUT2D eigenvalue weighted by molar-refractivity contribution is 9.10. The topological polar surface area (TPSA) is 54.3 Å². The molecule has 2 heterocycles. The zero-order valence-corrected chi connectivity index (χ0v) is 13.7. The lowest BCUT2D eigenvalue weighted by Gasteiger charge is -2.24. The van der Waals surface area contributed by atoms with Crippen LogP contribution in [0.3, 0.4) is 0 Å². The van der Waals surface area contributed by atoms with Crippen LogP contribution in [0, 0.1) is 0 Å². The number of amides is 1. The van der Waals surface area contributed by atoms with Gasteiger partial charge < -0.3 is 14.8 Å². The lowest BCUT2D eigenvalue weighted by atomic mass is 10.2. The molecule has 5 nitrogen and oxygen atoms in total. The Kier molecular flexibility index (Phi) is 6.71. The molecule has 1 unspecified atom stereocenters. The summed E-state index contributed by atoms with van der Waals surface area (Å²) in [5.41, 5.74) is -0.152. The van der Waals surface area contributed by atoms with Crippen molar-refractivity contribution in [3.8, 4) is 0 Å². The number of halogens is 2. The van der Waals surface area contributed by atoms with Crippen molar-refractivity contribution in [1.29, 1.82) is 0 Å². The minimum Gasteiger partial charge on any atom is -0.337 e. The summed E-state index contributed by atoms with van der Waals surface area (Å²) in [7, 11) is 1.89. The summed E-state index contributed by atoms with van der Waals surface area (Å²) in [6, 6.07) is 3.40. The monoisotopic (exact) mass is 363 g/mol. The maximum atomic E-state index is 12.3. The van der Waals surface area contributed by atoms with Crippen LogP contribution in [-0.2, 0) is 11.3 Å². The molecule has 0 bridgehead atoms. The molecule has 2 rings (SSSR count). The predicted octanol–water partition coefficient (Wildman–Crippen LogP) is 1.24. The quantitative estimate of drug-likeness (QED) is 0.875. The number of rotatable bonds is 4. The van der Waals surface area contributed by atoms with E-state index in [1.807, 2.05) is 11.9 Å². The van der Waals surface area contributed by atoms with E-state index in [-0.39, 0.29) is 36.5 Å². The normalized spacial score (nSPS) is 17.9. The number of pyridine rings is 1. The van der Waals surface area contributed by atoms with Crippen molar-refractivity contribution in [2.24, 2.45) is 0 Å². The second-order valence-corrected chi connectivity index (χ2v) is 5.67. The van der Waals surface area contributed by atoms with Crippen LogP contribution in [0.4, 0.5) is 0 Å². The van der Waals surface area contributed by atoms with Gasteiger partial charge >= 0.3 is 0 Å². The number of nitrogens with zero attached hydrogens (tertiary/aromatic N) is 2. The van der Waals surface area contributed by atoms with Crippen LogP contribution >= 0.6 is 28.3 Å². The zero-order valence-electron chi connectivity index (χ0n) is 11.3. The van der Waals surface area contributed by atoms with Gasteiger partial charge in [0.15, 0.2) is 0 Å². The molecule has 20 heavy (non-hydrogen) atoms. The van der Waals surface area contributed by atoms with E-state index in [9.17, 15) is 9.59 Å². The van der Waals surface area contributed by atoms with Crippen LogP contribution in [0.5, 0.6) is 0 Å². The van der Waals surface area contributed by atoms with Crippen LogP contribution in [0.1, 0.15) is 12.8 Å². The third-order valence-corrected chi connectivity index (χ3v) is 3.86. The van der Waals surface area contributed by atoms with Crippen LogP contribution < -0.4 is 10.9 Å². The minimum absolute atomic E-state index is 0. The Morgan fingerprint density at radius 3 is 2.95 bits per heavy atom. The molecule has 1 aliphatic rings. The zero-order chi connectivity index (χ0) is 13.8. The van der Waals surface area contributed by atoms with Crippen molar-refractivity contribution in [3.05, 3.63) is 33.2 Å². The number of aromatic nitrogens is 1. The largest absolute Gasteiger partial charge is 0.337 e. The molecule has 1 aliphatic heterocycles. The Hall–Kier alpha value is -0.850. The van der Waals surface area contributed by atoms with Crippen molar-refractivity contribution < 1.29 is 4.79 Å². The average Bonchev–Trinajstić information content (AvgIpc) is 2.82. The number of likely N-dealkylation sites (N-methyl/N-ethyl adjacent to an activating group) is 1. The van der Waals surface area contributed by atoms with Gasteiger partial charge in [-0.2, -0.15) is 0 Å². The van der Waals surface area contributed by atoms with Gasteiger partial charge in [-0.15, -0.1) is 12.4 Å². The number of carbonyl (C=O) groups excluding carboxylic acids is 1. The molecule has 0 aliphatic carbocycles. The Morgan fingerprint density at radius 1 is 1.50 bits per heavy atom. The third-order valence-electron chi connectivity index (χ3n) is 3.39. The van der Waals surface area contributed by atoms with Crippen LogP contribution in [0.15, 0.2) is 27.6 Å². The van der Waals surface area contributed by atoms with Gasteiger partial charge in [-0.1, -0.05) is 0 Å². The van der Waals surface area contributed by atoms with Gasteiger partial charge in [0, 0.05) is 35.9 Å². The van der Waals surface area contributed by atoms with E-state index in [2.05, 4.69) is 21.2 Å². The smallest absolute Gasteiger partial charge is 0.251 e. The van der Waals surface area contributed by atoms with Crippen LogP contribution in [0.2, 0.25) is 0 Å². The first-order valence-corrected chi connectivity index (χ1v) is 7.21. The second-order valence-electron chi connectivity index (χ2n) is 4.75. The van der Waals surface area contributed by atoms with Crippen molar-refractivity contribution in [2.45, 2.75) is 25.4 Å². The molecule has 1 N–H and O–H groups in total. The van der Waals surface area contributed by atoms with Crippen molar-refractivity contribution in [3.63, 3.8) is 0 Å². The molecule has 0 radical (unpaired) electrons. The Balaban J connectivity index is 0.00000200. The predicted molar refractivity (Wildman–Crippen MR) is 84.3 cm³/mol. The molecule has 1 atom stereocenters. The van der Waals surface area contributed by atoms with Gasteiger partial charge in [0.2, 0.25) is 5.91 Å². The molecule has 1 fully saturated rings. The van der Waals surface area contributed by atoms with E-state index >= 15 is 0 Å². The highest BCUT2D eigenvalue weighted by Gasteiger charge is 2.28. The fraction of sp³-hybridized carbons (Fsp3) is 0.538. The molecule has 112 valence electrons. The highest BCUT2D eigenvalue weighted by Crippen LogP contribution is 2.17. The number of carbonyl (C=O) groups is 1. The average molecular weight is 365 g/mol. The van der Waals surface area contributed by atoms with Gasteiger partial charge in [0.1, 0.15) is 6.54 Å². The van der Waals surface area contributed by atoms with Gasteiger partial charge in [-0.05, 0) is 41.9 Å². The van der Waals surface area contributed by atoms with E-state index in [4.69, 9.17) is 0 Å². The first kappa shape index (κ1) is 17.2. The first-order chi connectivity index (χ1) is 9.11. The molecule has 1 aromatic heterocycles. The molecular weight excluding hydrogens is 346 g/mol. The van der Waals surface area contributed by atoms with E-state index < -0.39 is 0 Å². The van der Waals surface area contributed by atoms with E-state index in [1.54, 1.807) is 12.3 Å². The van der Waals surface area contributed by atoms with Gasteiger partial charge in [0.05, 0.1) is 0 Å². The van der Waals surface area contributed by atoms with Gasteiger partial charge in [-0.3, -0.25) is 9.59 Å². The molecule has 0 saturated carbocycles.